The summed E-state index contributed by atoms with van der Waals surface area (Å²) in [5, 5.41) is 17.3. The Morgan fingerprint density at radius 2 is 2.25 bits per heavy atom. The lowest BCUT2D eigenvalue weighted by Crippen LogP contribution is -2.48. The van der Waals surface area contributed by atoms with Gasteiger partial charge in [0.05, 0.1) is 18.9 Å². The monoisotopic (exact) mass is 330 g/mol. The third kappa shape index (κ3) is 3.15. The first-order valence-corrected chi connectivity index (χ1v) is 8.00. The Morgan fingerprint density at radius 3 is 2.96 bits per heavy atom. The molecule has 2 N–H and O–H groups in total. The largest absolute Gasteiger partial charge is 0.504 e. The molecule has 3 rings (SSSR count). The van der Waals surface area contributed by atoms with E-state index < -0.39 is 0 Å². The van der Waals surface area contributed by atoms with Gasteiger partial charge in [-0.2, -0.15) is 5.10 Å². The topological polar surface area (TPSA) is 79.6 Å². The van der Waals surface area contributed by atoms with Gasteiger partial charge < -0.3 is 20.1 Å². The van der Waals surface area contributed by atoms with Crippen molar-refractivity contribution in [2.24, 2.45) is 7.05 Å². The molecule has 1 aliphatic heterocycles. The van der Waals surface area contributed by atoms with Crippen LogP contribution in [0, 0.1) is 0 Å². The first-order valence-electron chi connectivity index (χ1n) is 8.00. The zero-order chi connectivity index (χ0) is 17.1. The zero-order valence-corrected chi connectivity index (χ0v) is 13.9. The Labute approximate surface area is 140 Å². The molecular formula is C17H22N4O3. The molecule has 1 fully saturated rings. The second kappa shape index (κ2) is 6.82. The average Bonchev–Trinajstić information content (AvgIpc) is 3.01. The van der Waals surface area contributed by atoms with Crippen LogP contribution in [0.2, 0.25) is 0 Å². The molecule has 7 heteroatoms. The number of aryl methyl sites for hydroxylation is 1. The highest BCUT2D eigenvalue weighted by Gasteiger charge is 2.24. The molecule has 1 unspecified atom stereocenters. The SMILES string of the molecule is COc1cccc(C(=O)NC2CCCN(c3ccnn3C)C2)c1O. The van der Waals surface area contributed by atoms with Crippen molar-refractivity contribution in [3.8, 4) is 11.5 Å². The van der Waals surface area contributed by atoms with Crippen LogP contribution in [0.25, 0.3) is 0 Å². The second-order valence-electron chi connectivity index (χ2n) is 5.93. The fourth-order valence-electron chi connectivity index (χ4n) is 3.11. The van der Waals surface area contributed by atoms with Crippen LogP contribution in [-0.4, -0.2) is 47.0 Å². The van der Waals surface area contributed by atoms with Gasteiger partial charge in [0, 0.05) is 32.2 Å². The number of carbonyl (C=O) groups is 1. The van der Waals surface area contributed by atoms with Crippen molar-refractivity contribution in [3.05, 3.63) is 36.0 Å². The van der Waals surface area contributed by atoms with Gasteiger partial charge in [0.15, 0.2) is 11.5 Å². The van der Waals surface area contributed by atoms with Crippen molar-refractivity contribution < 1.29 is 14.6 Å². The van der Waals surface area contributed by atoms with Gasteiger partial charge in [-0.3, -0.25) is 9.48 Å². The van der Waals surface area contributed by atoms with Gasteiger partial charge in [0.25, 0.3) is 5.91 Å². The van der Waals surface area contributed by atoms with Crippen molar-refractivity contribution in [2.75, 3.05) is 25.1 Å². The number of aromatic hydroxyl groups is 1. The lowest BCUT2D eigenvalue weighted by molar-refractivity contribution is 0.0929. The average molecular weight is 330 g/mol. The van der Waals surface area contributed by atoms with Gasteiger partial charge in [-0.05, 0) is 25.0 Å². The van der Waals surface area contributed by atoms with E-state index in [-0.39, 0.29) is 23.3 Å². The molecule has 1 aromatic carbocycles. The number of nitrogens with one attached hydrogen (secondary N) is 1. The maximum Gasteiger partial charge on any atom is 0.255 e. The summed E-state index contributed by atoms with van der Waals surface area (Å²) in [5.41, 5.74) is 0.229. The molecule has 1 aromatic heterocycles. The molecule has 24 heavy (non-hydrogen) atoms. The number of ether oxygens (including phenoxy) is 1. The Kier molecular flexibility index (Phi) is 4.59. The summed E-state index contributed by atoms with van der Waals surface area (Å²) in [6.07, 6.45) is 3.66. The number of piperidine rings is 1. The maximum absolute atomic E-state index is 12.5. The highest BCUT2D eigenvalue weighted by atomic mass is 16.5. The molecule has 7 nitrogen and oxygen atoms in total. The third-order valence-electron chi connectivity index (χ3n) is 4.34. The number of benzene rings is 1. The van der Waals surface area contributed by atoms with E-state index in [1.165, 1.54) is 7.11 Å². The molecule has 1 atom stereocenters. The summed E-state index contributed by atoms with van der Waals surface area (Å²) in [4.78, 5) is 14.7. The van der Waals surface area contributed by atoms with Crippen molar-refractivity contribution >= 4 is 11.7 Å². The van der Waals surface area contributed by atoms with E-state index in [9.17, 15) is 9.90 Å². The van der Waals surface area contributed by atoms with Crippen molar-refractivity contribution in [1.82, 2.24) is 15.1 Å². The molecule has 0 spiro atoms. The summed E-state index contributed by atoms with van der Waals surface area (Å²) in [6.45, 7) is 1.66. The quantitative estimate of drug-likeness (QED) is 0.889. The first kappa shape index (κ1) is 16.2. The number of para-hydroxylation sites is 1. The van der Waals surface area contributed by atoms with E-state index in [0.717, 1.165) is 31.7 Å². The summed E-state index contributed by atoms with van der Waals surface area (Å²) in [7, 11) is 3.37. The molecule has 0 saturated carbocycles. The molecule has 0 aliphatic carbocycles. The lowest BCUT2D eigenvalue weighted by Gasteiger charge is -2.34. The number of hydrogen-bond donors (Lipinski definition) is 2. The molecule has 0 bridgehead atoms. The highest BCUT2D eigenvalue weighted by molar-refractivity contribution is 5.97. The van der Waals surface area contributed by atoms with E-state index in [2.05, 4.69) is 15.3 Å². The molecule has 128 valence electrons. The Morgan fingerprint density at radius 1 is 1.42 bits per heavy atom. The van der Waals surface area contributed by atoms with Crippen molar-refractivity contribution in [3.63, 3.8) is 0 Å². The van der Waals surface area contributed by atoms with Crippen molar-refractivity contribution in [1.29, 1.82) is 0 Å². The standard InChI is InChI=1S/C17H22N4O3/c1-20-15(8-9-18-20)21-10-4-5-12(11-21)19-17(23)13-6-3-7-14(24-2)16(13)22/h3,6-9,12,22H,4-5,10-11H2,1-2H3,(H,19,23). The number of methoxy groups -OCH3 is 1. The number of phenolic OH excluding ortho intramolecular Hbond substituents is 1. The first-order chi connectivity index (χ1) is 11.6. The molecule has 1 amide bonds. The molecular weight excluding hydrogens is 308 g/mol. The van der Waals surface area contributed by atoms with Crippen LogP contribution in [0.15, 0.2) is 30.5 Å². The Bertz CT molecular complexity index is 728. The predicted octanol–water partition coefficient (Wildman–Crippen LogP) is 1.53. The Balaban J connectivity index is 1.69. The number of hydrogen-bond acceptors (Lipinski definition) is 5. The molecule has 1 saturated heterocycles. The number of rotatable bonds is 4. The van der Waals surface area contributed by atoms with Crippen LogP contribution in [0.1, 0.15) is 23.2 Å². The van der Waals surface area contributed by atoms with Gasteiger partial charge in [-0.1, -0.05) is 6.07 Å². The predicted molar refractivity (Wildman–Crippen MR) is 90.6 cm³/mol. The minimum absolute atomic E-state index is 0.0201. The normalized spacial score (nSPS) is 17.6. The number of anilines is 1. The van der Waals surface area contributed by atoms with Crippen LogP contribution in [0.4, 0.5) is 5.82 Å². The molecule has 2 heterocycles. The summed E-state index contributed by atoms with van der Waals surface area (Å²) < 4.78 is 6.89. The smallest absolute Gasteiger partial charge is 0.255 e. The third-order valence-corrected chi connectivity index (χ3v) is 4.34. The number of aromatic nitrogens is 2. The van der Waals surface area contributed by atoms with Gasteiger partial charge in [0.2, 0.25) is 0 Å². The van der Waals surface area contributed by atoms with Crippen LogP contribution in [0.3, 0.4) is 0 Å². The van der Waals surface area contributed by atoms with E-state index in [1.54, 1.807) is 24.4 Å². The highest BCUT2D eigenvalue weighted by Crippen LogP contribution is 2.29. The van der Waals surface area contributed by atoms with E-state index >= 15 is 0 Å². The Hall–Kier alpha value is -2.70. The molecule has 1 aliphatic rings. The lowest BCUT2D eigenvalue weighted by atomic mass is 10.0. The van der Waals surface area contributed by atoms with Crippen LogP contribution in [0.5, 0.6) is 11.5 Å². The van der Waals surface area contributed by atoms with Gasteiger partial charge >= 0.3 is 0 Å². The molecule has 0 radical (unpaired) electrons. The summed E-state index contributed by atoms with van der Waals surface area (Å²) in [5.74, 6) is 0.918. The minimum Gasteiger partial charge on any atom is -0.504 e. The van der Waals surface area contributed by atoms with E-state index in [4.69, 9.17) is 4.74 Å². The summed E-state index contributed by atoms with van der Waals surface area (Å²) in [6, 6.07) is 6.90. The maximum atomic E-state index is 12.5. The van der Waals surface area contributed by atoms with Gasteiger partial charge in [0.1, 0.15) is 5.82 Å². The zero-order valence-electron chi connectivity index (χ0n) is 13.9. The number of nitrogens with zero attached hydrogens (tertiary/aromatic N) is 3. The van der Waals surface area contributed by atoms with Gasteiger partial charge in [-0.25, -0.2) is 0 Å². The number of amides is 1. The number of phenols is 1. The fourth-order valence-corrected chi connectivity index (χ4v) is 3.11. The van der Waals surface area contributed by atoms with Crippen LogP contribution >= 0.6 is 0 Å². The van der Waals surface area contributed by atoms with Crippen LogP contribution in [-0.2, 0) is 7.05 Å². The van der Waals surface area contributed by atoms with Crippen molar-refractivity contribution in [2.45, 2.75) is 18.9 Å². The molecule has 2 aromatic rings. The fraction of sp³-hybridized carbons (Fsp3) is 0.412. The second-order valence-corrected chi connectivity index (χ2v) is 5.93. The van der Waals surface area contributed by atoms with E-state index in [0.29, 0.717) is 5.75 Å². The number of carbonyl (C=O) groups excluding carboxylic acids is 1. The van der Waals surface area contributed by atoms with Gasteiger partial charge in [-0.15, -0.1) is 0 Å². The van der Waals surface area contributed by atoms with Crippen LogP contribution < -0.4 is 15.0 Å². The van der Waals surface area contributed by atoms with E-state index in [1.807, 2.05) is 17.8 Å². The summed E-state index contributed by atoms with van der Waals surface area (Å²) >= 11 is 0. The minimum atomic E-state index is -0.289.